The summed E-state index contributed by atoms with van der Waals surface area (Å²) in [6, 6.07) is 1.60. The van der Waals surface area contributed by atoms with Crippen molar-refractivity contribution in [2.45, 2.75) is 44.2 Å². The molecule has 1 atom stereocenters. The third-order valence-corrected chi connectivity index (χ3v) is 5.37. The van der Waals surface area contributed by atoms with Crippen LogP contribution in [-0.4, -0.2) is 75.4 Å². The van der Waals surface area contributed by atoms with Gasteiger partial charge in [-0.2, -0.15) is 0 Å². The van der Waals surface area contributed by atoms with Crippen LogP contribution in [0, 0.1) is 5.41 Å². The Morgan fingerprint density at radius 3 is 2.50 bits per heavy atom. The van der Waals surface area contributed by atoms with Crippen molar-refractivity contribution in [3.63, 3.8) is 0 Å². The molecule has 20 heavy (non-hydrogen) atoms. The summed E-state index contributed by atoms with van der Waals surface area (Å²) in [5.74, 6) is 0. The van der Waals surface area contributed by atoms with Crippen molar-refractivity contribution >= 4 is 0 Å². The minimum Gasteiger partial charge on any atom is -0.381 e. The Morgan fingerprint density at radius 2 is 1.95 bits per heavy atom. The molecule has 0 amide bonds. The minimum absolute atomic E-state index is 0.382. The Hall–Kier alpha value is -0.160. The van der Waals surface area contributed by atoms with Crippen LogP contribution in [0.15, 0.2) is 0 Å². The van der Waals surface area contributed by atoms with Gasteiger partial charge in [0.15, 0.2) is 0 Å². The lowest BCUT2D eigenvalue weighted by Gasteiger charge is -2.40. The zero-order valence-corrected chi connectivity index (χ0v) is 13.2. The summed E-state index contributed by atoms with van der Waals surface area (Å²) in [4.78, 5) is 5.07. The van der Waals surface area contributed by atoms with Gasteiger partial charge in [-0.05, 0) is 59.3 Å². The zero-order chi connectivity index (χ0) is 14.0. The molecule has 0 spiro atoms. The van der Waals surface area contributed by atoms with Crippen LogP contribution in [0.2, 0.25) is 0 Å². The molecule has 1 unspecified atom stereocenters. The van der Waals surface area contributed by atoms with E-state index in [-0.39, 0.29) is 0 Å². The third-order valence-electron chi connectivity index (χ3n) is 5.37. The largest absolute Gasteiger partial charge is 0.381 e. The maximum atomic E-state index is 5.74. The van der Waals surface area contributed by atoms with Crippen LogP contribution in [0.4, 0.5) is 0 Å². The predicted molar refractivity (Wildman–Crippen MR) is 82.0 cm³/mol. The fourth-order valence-electron chi connectivity index (χ4n) is 3.69. The Kier molecular flexibility index (Phi) is 4.65. The summed E-state index contributed by atoms with van der Waals surface area (Å²) in [6.07, 6.45) is 6.64. The number of ether oxygens (including phenoxy) is 1. The van der Waals surface area contributed by atoms with Crippen LogP contribution in [0.1, 0.15) is 32.1 Å². The molecule has 0 bridgehead atoms. The first kappa shape index (κ1) is 14.8. The molecule has 0 aromatic heterocycles. The summed E-state index contributed by atoms with van der Waals surface area (Å²) in [5.41, 5.74) is 0.382. The second-order valence-electron chi connectivity index (χ2n) is 7.43. The molecule has 3 aliphatic rings. The van der Waals surface area contributed by atoms with Gasteiger partial charge in [0.05, 0.1) is 6.61 Å². The second-order valence-corrected chi connectivity index (χ2v) is 7.43. The van der Waals surface area contributed by atoms with E-state index in [2.05, 4.69) is 29.2 Å². The standard InChI is InChI=1S/C16H31N3O/c1-18(2)15-5-8-19(9-6-15)12-16(7-10-20-13-16)11-17-14-3-4-14/h14-15,17H,3-13H2,1-2H3. The number of piperidine rings is 1. The summed E-state index contributed by atoms with van der Waals surface area (Å²) in [6.45, 7) is 6.82. The third kappa shape index (κ3) is 3.73. The first-order valence-electron chi connectivity index (χ1n) is 8.37. The van der Waals surface area contributed by atoms with Crippen LogP contribution in [-0.2, 0) is 4.74 Å². The molecule has 0 aromatic rings. The predicted octanol–water partition coefficient (Wildman–Crippen LogP) is 1.17. The van der Waals surface area contributed by atoms with Crippen LogP contribution < -0.4 is 5.32 Å². The molecule has 1 saturated carbocycles. The zero-order valence-electron chi connectivity index (χ0n) is 13.2. The smallest absolute Gasteiger partial charge is 0.0547 e. The van der Waals surface area contributed by atoms with E-state index in [0.29, 0.717) is 5.41 Å². The molecule has 1 aliphatic carbocycles. The van der Waals surface area contributed by atoms with Gasteiger partial charge in [0.1, 0.15) is 0 Å². The molecule has 2 heterocycles. The fourth-order valence-corrected chi connectivity index (χ4v) is 3.69. The number of hydrogen-bond donors (Lipinski definition) is 1. The van der Waals surface area contributed by atoms with Gasteiger partial charge >= 0.3 is 0 Å². The normalized spacial score (nSPS) is 33.1. The highest BCUT2D eigenvalue weighted by Gasteiger charge is 2.38. The Labute approximate surface area is 123 Å². The number of likely N-dealkylation sites (tertiary alicyclic amines) is 1. The molecule has 2 aliphatic heterocycles. The molecule has 4 nitrogen and oxygen atoms in total. The molecule has 0 radical (unpaired) electrons. The van der Waals surface area contributed by atoms with Crippen molar-refractivity contribution in [3.8, 4) is 0 Å². The average molecular weight is 281 g/mol. The highest BCUT2D eigenvalue weighted by Crippen LogP contribution is 2.32. The van der Waals surface area contributed by atoms with Crippen molar-refractivity contribution < 1.29 is 4.74 Å². The van der Waals surface area contributed by atoms with Crippen LogP contribution in [0.3, 0.4) is 0 Å². The maximum absolute atomic E-state index is 5.74. The maximum Gasteiger partial charge on any atom is 0.0547 e. The average Bonchev–Trinajstić information content (AvgIpc) is 3.17. The van der Waals surface area contributed by atoms with Crippen molar-refractivity contribution in [3.05, 3.63) is 0 Å². The molecule has 2 saturated heterocycles. The van der Waals surface area contributed by atoms with Gasteiger partial charge in [-0.15, -0.1) is 0 Å². The topological polar surface area (TPSA) is 27.7 Å². The Balaban J connectivity index is 1.49. The van der Waals surface area contributed by atoms with Crippen LogP contribution in [0.25, 0.3) is 0 Å². The van der Waals surface area contributed by atoms with Crippen LogP contribution in [0.5, 0.6) is 0 Å². The summed E-state index contributed by atoms with van der Waals surface area (Å²) < 4.78 is 5.74. The monoisotopic (exact) mass is 281 g/mol. The van der Waals surface area contributed by atoms with E-state index in [1.165, 1.54) is 51.7 Å². The van der Waals surface area contributed by atoms with Gasteiger partial charge in [-0.25, -0.2) is 0 Å². The fraction of sp³-hybridized carbons (Fsp3) is 1.00. The second kappa shape index (κ2) is 6.30. The molecule has 116 valence electrons. The summed E-state index contributed by atoms with van der Waals surface area (Å²) in [5, 5.41) is 3.74. The molecular weight excluding hydrogens is 250 g/mol. The van der Waals surface area contributed by atoms with E-state index in [1.54, 1.807) is 0 Å². The van der Waals surface area contributed by atoms with Gasteiger partial charge in [0, 0.05) is 37.2 Å². The Morgan fingerprint density at radius 1 is 1.20 bits per heavy atom. The van der Waals surface area contributed by atoms with Crippen molar-refractivity contribution in [1.82, 2.24) is 15.1 Å². The number of nitrogens with one attached hydrogen (secondary N) is 1. The lowest BCUT2D eigenvalue weighted by atomic mass is 9.85. The lowest BCUT2D eigenvalue weighted by Crippen LogP contribution is -2.49. The van der Waals surface area contributed by atoms with Gasteiger partial charge < -0.3 is 19.9 Å². The minimum atomic E-state index is 0.382. The molecule has 0 aromatic carbocycles. The van der Waals surface area contributed by atoms with Gasteiger partial charge in [0.25, 0.3) is 0 Å². The molecule has 3 fully saturated rings. The lowest BCUT2D eigenvalue weighted by molar-refractivity contribution is 0.0780. The van der Waals surface area contributed by atoms with E-state index in [0.717, 1.165) is 31.8 Å². The molecular formula is C16H31N3O. The summed E-state index contributed by atoms with van der Waals surface area (Å²) in [7, 11) is 4.43. The molecule has 1 N–H and O–H groups in total. The van der Waals surface area contributed by atoms with E-state index in [4.69, 9.17) is 4.74 Å². The van der Waals surface area contributed by atoms with E-state index in [9.17, 15) is 0 Å². The van der Waals surface area contributed by atoms with E-state index >= 15 is 0 Å². The number of rotatable bonds is 6. The first-order chi connectivity index (χ1) is 9.67. The van der Waals surface area contributed by atoms with E-state index in [1.807, 2.05) is 0 Å². The van der Waals surface area contributed by atoms with Gasteiger partial charge in [-0.3, -0.25) is 0 Å². The Bertz CT molecular complexity index is 303. The van der Waals surface area contributed by atoms with Gasteiger partial charge in [0.2, 0.25) is 0 Å². The van der Waals surface area contributed by atoms with Crippen LogP contribution >= 0.6 is 0 Å². The summed E-state index contributed by atoms with van der Waals surface area (Å²) >= 11 is 0. The SMILES string of the molecule is CN(C)C1CCN(CC2(CNC3CC3)CCOC2)CC1. The van der Waals surface area contributed by atoms with Crippen molar-refractivity contribution in [2.75, 3.05) is 53.5 Å². The van der Waals surface area contributed by atoms with Crippen molar-refractivity contribution in [2.24, 2.45) is 5.41 Å². The number of hydrogen-bond acceptors (Lipinski definition) is 4. The van der Waals surface area contributed by atoms with Gasteiger partial charge in [-0.1, -0.05) is 0 Å². The van der Waals surface area contributed by atoms with E-state index < -0.39 is 0 Å². The molecule has 4 heteroatoms. The highest BCUT2D eigenvalue weighted by molar-refractivity contribution is 4.93. The highest BCUT2D eigenvalue weighted by atomic mass is 16.5. The molecule has 3 rings (SSSR count). The van der Waals surface area contributed by atoms with Crippen molar-refractivity contribution in [1.29, 1.82) is 0 Å². The number of nitrogens with zero attached hydrogens (tertiary/aromatic N) is 2. The first-order valence-corrected chi connectivity index (χ1v) is 8.37. The quantitative estimate of drug-likeness (QED) is 0.791.